The van der Waals surface area contributed by atoms with Crippen LogP contribution < -0.4 is 5.32 Å². The van der Waals surface area contributed by atoms with Crippen molar-refractivity contribution in [3.63, 3.8) is 0 Å². The second kappa shape index (κ2) is 6.93. The van der Waals surface area contributed by atoms with Crippen molar-refractivity contribution < 1.29 is 9.90 Å². The average Bonchev–Trinajstić information content (AvgIpc) is 2.46. The van der Waals surface area contributed by atoms with Crippen molar-refractivity contribution in [3.8, 4) is 0 Å². The number of hydrogen-bond acceptors (Lipinski definition) is 2. The molecule has 0 aromatic carbocycles. The molecule has 0 bridgehead atoms. The number of hydrogen-bond donors (Lipinski definition) is 2. The van der Waals surface area contributed by atoms with E-state index in [9.17, 15) is 9.90 Å². The first kappa shape index (κ1) is 13.6. The van der Waals surface area contributed by atoms with Gasteiger partial charge in [0.05, 0.1) is 6.10 Å². The lowest BCUT2D eigenvalue weighted by molar-refractivity contribution is -0.125. The van der Waals surface area contributed by atoms with Gasteiger partial charge in [-0.3, -0.25) is 4.79 Å². The highest BCUT2D eigenvalue weighted by molar-refractivity contribution is 5.78. The Morgan fingerprint density at radius 2 is 2.00 bits per heavy atom. The number of carbonyl (C=O) groups is 1. The number of aliphatic hydroxyl groups is 1. The fourth-order valence-corrected chi connectivity index (χ4v) is 3.07. The number of carbonyl (C=O) groups excluding carboxylic acids is 1. The summed E-state index contributed by atoms with van der Waals surface area (Å²) in [5, 5.41) is 13.0. The predicted octanol–water partition coefficient (Wildman–Crippen LogP) is 2.40. The van der Waals surface area contributed by atoms with Crippen molar-refractivity contribution in [2.24, 2.45) is 11.8 Å². The molecule has 0 saturated heterocycles. The molecule has 102 valence electrons. The molecule has 0 heterocycles. The molecule has 0 aromatic rings. The molecule has 18 heavy (non-hydrogen) atoms. The van der Waals surface area contributed by atoms with E-state index in [2.05, 4.69) is 17.5 Å². The molecule has 2 rings (SSSR count). The molecular weight excluding hydrogens is 226 g/mol. The van der Waals surface area contributed by atoms with Crippen LogP contribution in [0, 0.1) is 11.8 Å². The van der Waals surface area contributed by atoms with E-state index in [1.54, 1.807) is 0 Å². The molecule has 2 N–H and O–H groups in total. The Morgan fingerprint density at radius 3 is 2.67 bits per heavy atom. The van der Waals surface area contributed by atoms with Gasteiger partial charge in [0.2, 0.25) is 5.91 Å². The first-order valence-corrected chi connectivity index (χ1v) is 7.38. The van der Waals surface area contributed by atoms with Gasteiger partial charge in [-0.05, 0) is 38.0 Å². The molecule has 1 amide bonds. The molecular formula is C15H25NO2. The smallest absolute Gasteiger partial charge is 0.223 e. The van der Waals surface area contributed by atoms with Crippen molar-refractivity contribution >= 4 is 5.91 Å². The van der Waals surface area contributed by atoms with Gasteiger partial charge in [0.25, 0.3) is 0 Å². The van der Waals surface area contributed by atoms with Crippen LogP contribution in [-0.2, 0) is 4.79 Å². The SMILES string of the molecule is O=C(NC[C@H](O)C1CCCCC1)[C@H]1CC=CCC1. The molecule has 3 heteroatoms. The van der Waals surface area contributed by atoms with E-state index in [1.165, 1.54) is 19.3 Å². The first-order valence-electron chi connectivity index (χ1n) is 7.38. The Bertz CT molecular complexity index is 295. The molecule has 3 nitrogen and oxygen atoms in total. The van der Waals surface area contributed by atoms with Crippen LogP contribution in [0.1, 0.15) is 51.4 Å². The van der Waals surface area contributed by atoms with Crippen molar-refractivity contribution in [2.45, 2.75) is 57.5 Å². The lowest BCUT2D eigenvalue weighted by Gasteiger charge is -2.27. The van der Waals surface area contributed by atoms with Gasteiger partial charge >= 0.3 is 0 Å². The zero-order valence-corrected chi connectivity index (χ0v) is 11.1. The van der Waals surface area contributed by atoms with Crippen LogP contribution in [0.15, 0.2) is 12.2 Å². The van der Waals surface area contributed by atoms with Gasteiger partial charge in [0.1, 0.15) is 0 Å². The molecule has 0 unspecified atom stereocenters. The Morgan fingerprint density at radius 1 is 1.22 bits per heavy atom. The van der Waals surface area contributed by atoms with E-state index in [1.807, 2.05) is 0 Å². The van der Waals surface area contributed by atoms with E-state index in [4.69, 9.17) is 0 Å². The van der Waals surface area contributed by atoms with E-state index in [-0.39, 0.29) is 17.9 Å². The quantitative estimate of drug-likeness (QED) is 0.754. The molecule has 0 aromatic heterocycles. The minimum Gasteiger partial charge on any atom is -0.391 e. The summed E-state index contributed by atoms with van der Waals surface area (Å²) in [4.78, 5) is 11.9. The normalized spacial score (nSPS) is 26.8. The fourth-order valence-electron chi connectivity index (χ4n) is 3.07. The largest absolute Gasteiger partial charge is 0.391 e. The number of rotatable bonds is 4. The maximum absolute atomic E-state index is 11.9. The van der Waals surface area contributed by atoms with Crippen LogP contribution in [0.2, 0.25) is 0 Å². The topological polar surface area (TPSA) is 49.3 Å². The molecule has 0 radical (unpaired) electrons. The molecule has 0 spiro atoms. The third kappa shape index (κ3) is 3.84. The summed E-state index contributed by atoms with van der Waals surface area (Å²) in [6.45, 7) is 0.434. The summed E-state index contributed by atoms with van der Waals surface area (Å²) in [6, 6.07) is 0. The molecule has 0 aliphatic heterocycles. The maximum Gasteiger partial charge on any atom is 0.223 e. The molecule has 1 fully saturated rings. The van der Waals surface area contributed by atoms with Gasteiger partial charge < -0.3 is 10.4 Å². The summed E-state index contributed by atoms with van der Waals surface area (Å²) in [6.07, 6.45) is 12.7. The molecule has 2 atom stereocenters. The van der Waals surface area contributed by atoms with E-state index < -0.39 is 0 Å². The van der Waals surface area contributed by atoms with Crippen LogP contribution >= 0.6 is 0 Å². The van der Waals surface area contributed by atoms with E-state index in [0.29, 0.717) is 12.5 Å². The molecule has 2 aliphatic carbocycles. The summed E-state index contributed by atoms with van der Waals surface area (Å²) < 4.78 is 0. The summed E-state index contributed by atoms with van der Waals surface area (Å²) in [5.74, 6) is 0.632. The van der Waals surface area contributed by atoms with Crippen molar-refractivity contribution in [1.29, 1.82) is 0 Å². The van der Waals surface area contributed by atoms with Gasteiger partial charge in [0.15, 0.2) is 0 Å². The zero-order valence-electron chi connectivity index (χ0n) is 11.1. The maximum atomic E-state index is 11.9. The Kier molecular flexibility index (Phi) is 5.24. The van der Waals surface area contributed by atoms with Crippen molar-refractivity contribution in [3.05, 3.63) is 12.2 Å². The second-order valence-corrected chi connectivity index (χ2v) is 5.69. The highest BCUT2D eigenvalue weighted by Gasteiger charge is 2.24. The summed E-state index contributed by atoms with van der Waals surface area (Å²) >= 11 is 0. The Labute approximate surface area is 110 Å². The van der Waals surface area contributed by atoms with Crippen LogP contribution in [0.4, 0.5) is 0 Å². The van der Waals surface area contributed by atoms with Crippen LogP contribution in [-0.4, -0.2) is 23.7 Å². The van der Waals surface area contributed by atoms with Crippen molar-refractivity contribution in [1.82, 2.24) is 5.32 Å². The Hall–Kier alpha value is -0.830. The molecule has 1 saturated carbocycles. The van der Waals surface area contributed by atoms with Crippen LogP contribution in [0.5, 0.6) is 0 Å². The first-order chi connectivity index (χ1) is 8.77. The lowest BCUT2D eigenvalue weighted by Crippen LogP contribution is -2.39. The number of nitrogens with one attached hydrogen (secondary N) is 1. The van der Waals surface area contributed by atoms with Gasteiger partial charge in [-0.1, -0.05) is 31.4 Å². The standard InChI is InChI=1S/C15H25NO2/c17-14(12-7-3-1-4-8-12)11-16-15(18)13-9-5-2-6-10-13/h2,5,12-14,17H,1,3-4,6-11H2,(H,16,18)/t13-,14-/m0/s1. The van der Waals surface area contributed by atoms with E-state index in [0.717, 1.165) is 32.1 Å². The van der Waals surface area contributed by atoms with Gasteiger partial charge in [-0.25, -0.2) is 0 Å². The van der Waals surface area contributed by atoms with Gasteiger partial charge in [0, 0.05) is 12.5 Å². The highest BCUT2D eigenvalue weighted by Crippen LogP contribution is 2.26. The summed E-state index contributed by atoms with van der Waals surface area (Å²) in [7, 11) is 0. The lowest BCUT2D eigenvalue weighted by atomic mass is 9.85. The van der Waals surface area contributed by atoms with E-state index >= 15 is 0 Å². The summed E-state index contributed by atoms with van der Waals surface area (Å²) in [5.41, 5.74) is 0. The van der Waals surface area contributed by atoms with Crippen LogP contribution in [0.3, 0.4) is 0 Å². The number of aliphatic hydroxyl groups excluding tert-OH is 1. The third-order valence-electron chi connectivity index (χ3n) is 4.32. The van der Waals surface area contributed by atoms with Gasteiger partial charge in [-0.15, -0.1) is 0 Å². The number of allylic oxidation sites excluding steroid dienone is 2. The third-order valence-corrected chi connectivity index (χ3v) is 4.32. The zero-order chi connectivity index (χ0) is 12.8. The van der Waals surface area contributed by atoms with Crippen LogP contribution in [0.25, 0.3) is 0 Å². The minimum absolute atomic E-state index is 0.119. The number of amides is 1. The molecule has 2 aliphatic rings. The predicted molar refractivity (Wildman–Crippen MR) is 72.1 cm³/mol. The second-order valence-electron chi connectivity index (χ2n) is 5.69. The monoisotopic (exact) mass is 251 g/mol. The Balaban J connectivity index is 1.69. The minimum atomic E-state index is -0.353. The average molecular weight is 251 g/mol. The fraction of sp³-hybridized carbons (Fsp3) is 0.800. The highest BCUT2D eigenvalue weighted by atomic mass is 16.3. The van der Waals surface area contributed by atoms with Gasteiger partial charge in [-0.2, -0.15) is 0 Å². The van der Waals surface area contributed by atoms with Crippen molar-refractivity contribution in [2.75, 3.05) is 6.54 Å².